The fourth-order valence-electron chi connectivity index (χ4n) is 1.43. The van der Waals surface area contributed by atoms with Gasteiger partial charge in [0.05, 0.1) is 0 Å². The molecule has 0 aliphatic heterocycles. The Hall–Kier alpha value is 0.260. The molecule has 0 N–H and O–H groups in total. The van der Waals surface area contributed by atoms with Crippen LogP contribution >= 0.6 is 30.3 Å². The maximum atomic E-state index is 2.36. The molecule has 92 valence electrons. The fraction of sp³-hybridized carbons (Fsp3) is 0.538. The van der Waals surface area contributed by atoms with Crippen molar-refractivity contribution in [2.75, 3.05) is 6.54 Å². The topological polar surface area (TPSA) is 3.24 Å². The Labute approximate surface area is 117 Å². The molecule has 0 aliphatic rings. The number of rotatable bonds is 5. The van der Waals surface area contributed by atoms with E-state index in [1.165, 1.54) is 11.1 Å². The molecule has 0 saturated heterocycles. The SMILES string of the molecule is CC.CCc1ccccc1CN(CC)SI. The van der Waals surface area contributed by atoms with E-state index in [4.69, 9.17) is 0 Å². The summed E-state index contributed by atoms with van der Waals surface area (Å²) in [4.78, 5) is 0. The van der Waals surface area contributed by atoms with Gasteiger partial charge in [-0.05, 0) is 26.7 Å². The highest BCUT2D eigenvalue weighted by Gasteiger charge is 2.05. The van der Waals surface area contributed by atoms with Crippen LogP contribution in [0.4, 0.5) is 0 Å². The van der Waals surface area contributed by atoms with Crippen molar-refractivity contribution in [2.24, 2.45) is 0 Å². The van der Waals surface area contributed by atoms with Crippen molar-refractivity contribution < 1.29 is 0 Å². The van der Waals surface area contributed by atoms with Crippen molar-refractivity contribution in [3.8, 4) is 0 Å². The van der Waals surface area contributed by atoms with Crippen LogP contribution in [0.5, 0.6) is 0 Å². The second kappa shape index (κ2) is 10.4. The van der Waals surface area contributed by atoms with Gasteiger partial charge in [-0.25, -0.2) is 4.31 Å². The number of benzene rings is 1. The van der Waals surface area contributed by atoms with Crippen LogP contribution in [0.2, 0.25) is 0 Å². The van der Waals surface area contributed by atoms with E-state index in [0.717, 1.165) is 19.5 Å². The van der Waals surface area contributed by atoms with E-state index in [9.17, 15) is 0 Å². The Morgan fingerprint density at radius 2 is 1.69 bits per heavy atom. The number of hydrogen-bond donors (Lipinski definition) is 0. The van der Waals surface area contributed by atoms with Gasteiger partial charge >= 0.3 is 0 Å². The van der Waals surface area contributed by atoms with E-state index < -0.39 is 0 Å². The van der Waals surface area contributed by atoms with Crippen molar-refractivity contribution in [1.29, 1.82) is 0 Å². The fourth-order valence-corrected chi connectivity index (χ4v) is 2.97. The summed E-state index contributed by atoms with van der Waals surface area (Å²) in [6.07, 6.45) is 1.12. The highest BCUT2D eigenvalue weighted by atomic mass is 127. The molecule has 0 spiro atoms. The normalized spacial score (nSPS) is 9.88. The molecular weight excluding hydrogens is 329 g/mol. The van der Waals surface area contributed by atoms with Crippen LogP contribution < -0.4 is 0 Å². The van der Waals surface area contributed by atoms with Gasteiger partial charge in [-0.3, -0.25) is 0 Å². The zero-order valence-electron chi connectivity index (χ0n) is 10.7. The third kappa shape index (κ3) is 5.55. The summed E-state index contributed by atoms with van der Waals surface area (Å²) in [5, 5.41) is 0. The minimum Gasteiger partial charge on any atom is -0.238 e. The van der Waals surface area contributed by atoms with E-state index in [1.54, 1.807) is 9.12 Å². The van der Waals surface area contributed by atoms with Crippen LogP contribution in [0, 0.1) is 0 Å². The summed E-state index contributed by atoms with van der Waals surface area (Å²) in [5.74, 6) is 0. The first kappa shape index (κ1) is 16.3. The van der Waals surface area contributed by atoms with Gasteiger partial charge in [-0.2, -0.15) is 0 Å². The molecule has 0 unspecified atom stereocenters. The molecule has 1 aromatic carbocycles. The van der Waals surface area contributed by atoms with Crippen molar-refractivity contribution >= 4 is 30.3 Å². The number of nitrogens with zero attached hydrogens (tertiary/aromatic N) is 1. The molecular formula is C13H22INS. The van der Waals surface area contributed by atoms with Gasteiger partial charge in [0, 0.05) is 34.3 Å². The Morgan fingerprint density at radius 1 is 1.12 bits per heavy atom. The molecule has 1 rings (SSSR count). The highest BCUT2D eigenvalue weighted by Crippen LogP contribution is 2.22. The summed E-state index contributed by atoms with van der Waals surface area (Å²) in [6, 6.07) is 8.70. The molecule has 0 heterocycles. The first-order valence-electron chi connectivity index (χ1n) is 5.92. The first-order valence-corrected chi connectivity index (χ1v) is 9.23. The monoisotopic (exact) mass is 351 g/mol. The van der Waals surface area contributed by atoms with E-state index in [1.807, 2.05) is 13.8 Å². The smallest absolute Gasteiger partial charge is 0.0350 e. The van der Waals surface area contributed by atoms with Crippen molar-refractivity contribution in [3.63, 3.8) is 0 Å². The average molecular weight is 351 g/mol. The van der Waals surface area contributed by atoms with Gasteiger partial charge in [-0.1, -0.05) is 52.0 Å². The second-order valence-electron chi connectivity index (χ2n) is 3.15. The van der Waals surface area contributed by atoms with E-state index in [2.05, 4.69) is 63.6 Å². The molecule has 0 saturated carbocycles. The molecule has 1 nitrogen and oxygen atoms in total. The maximum Gasteiger partial charge on any atom is 0.0350 e. The zero-order valence-corrected chi connectivity index (χ0v) is 13.6. The lowest BCUT2D eigenvalue weighted by atomic mass is 10.1. The summed E-state index contributed by atoms with van der Waals surface area (Å²) < 4.78 is 2.36. The number of halogens is 1. The molecule has 1 aromatic rings. The number of hydrogen-bond acceptors (Lipinski definition) is 2. The van der Waals surface area contributed by atoms with Gasteiger partial charge in [-0.15, -0.1) is 0 Å². The van der Waals surface area contributed by atoms with Gasteiger partial charge in [0.25, 0.3) is 0 Å². The second-order valence-corrected chi connectivity index (χ2v) is 4.98. The van der Waals surface area contributed by atoms with E-state index in [0.29, 0.717) is 0 Å². The summed E-state index contributed by atoms with van der Waals surface area (Å²) in [5.41, 5.74) is 2.93. The van der Waals surface area contributed by atoms with Crippen LogP contribution in [0.25, 0.3) is 0 Å². The Kier molecular flexibility index (Phi) is 10.6. The summed E-state index contributed by atoms with van der Waals surface area (Å²) in [7, 11) is 1.79. The zero-order chi connectivity index (χ0) is 12.4. The average Bonchev–Trinajstić information content (AvgIpc) is 2.38. The predicted molar refractivity (Wildman–Crippen MR) is 84.9 cm³/mol. The van der Waals surface area contributed by atoms with Gasteiger partial charge in [0.2, 0.25) is 0 Å². The lowest BCUT2D eigenvalue weighted by molar-refractivity contribution is 0.496. The van der Waals surface area contributed by atoms with Crippen molar-refractivity contribution in [2.45, 2.75) is 40.7 Å². The van der Waals surface area contributed by atoms with Crippen LogP contribution in [0.3, 0.4) is 0 Å². The quantitative estimate of drug-likeness (QED) is 0.537. The molecule has 0 fully saturated rings. The van der Waals surface area contributed by atoms with Gasteiger partial charge < -0.3 is 0 Å². The van der Waals surface area contributed by atoms with Crippen LogP contribution in [-0.2, 0) is 13.0 Å². The Morgan fingerprint density at radius 3 is 2.12 bits per heavy atom. The largest absolute Gasteiger partial charge is 0.238 e. The molecule has 0 aliphatic carbocycles. The third-order valence-electron chi connectivity index (χ3n) is 2.30. The third-order valence-corrected chi connectivity index (χ3v) is 4.55. The minimum absolute atomic E-state index is 1.05. The minimum atomic E-state index is 1.05. The van der Waals surface area contributed by atoms with Crippen LogP contribution in [0.1, 0.15) is 38.8 Å². The highest BCUT2D eigenvalue weighted by molar-refractivity contribution is 14.2. The van der Waals surface area contributed by atoms with Crippen molar-refractivity contribution in [1.82, 2.24) is 4.31 Å². The molecule has 0 bridgehead atoms. The summed E-state index contributed by atoms with van der Waals surface area (Å²) >= 11 is 2.34. The lowest BCUT2D eigenvalue weighted by Crippen LogP contribution is -2.13. The summed E-state index contributed by atoms with van der Waals surface area (Å²) in [6.45, 7) is 10.5. The molecule has 0 amide bonds. The van der Waals surface area contributed by atoms with E-state index >= 15 is 0 Å². The lowest BCUT2D eigenvalue weighted by Gasteiger charge is -2.17. The number of aryl methyl sites for hydroxylation is 1. The molecule has 0 atom stereocenters. The predicted octanol–water partition coefficient (Wildman–Crippen LogP) is 5.10. The maximum absolute atomic E-state index is 2.36. The first-order chi connectivity index (χ1) is 7.81. The van der Waals surface area contributed by atoms with Crippen LogP contribution in [-0.4, -0.2) is 10.8 Å². The van der Waals surface area contributed by atoms with Gasteiger partial charge in [0.15, 0.2) is 0 Å². The molecule has 3 heteroatoms. The van der Waals surface area contributed by atoms with Crippen molar-refractivity contribution in [3.05, 3.63) is 35.4 Å². The molecule has 16 heavy (non-hydrogen) atoms. The van der Waals surface area contributed by atoms with Crippen LogP contribution in [0.15, 0.2) is 24.3 Å². The standard InChI is InChI=1S/C11H16INS.C2H6/c1-3-10-7-5-6-8-11(10)9-13(4-2)14-12;1-2/h5-8H,3-4,9H2,1-2H3;1-2H3. The van der Waals surface area contributed by atoms with Gasteiger partial charge in [0.1, 0.15) is 0 Å². The Balaban J connectivity index is 0.00000106. The molecule has 0 aromatic heterocycles. The Bertz CT molecular complexity index is 274. The van der Waals surface area contributed by atoms with E-state index in [-0.39, 0.29) is 0 Å². The molecule has 0 radical (unpaired) electrons.